The van der Waals surface area contributed by atoms with E-state index in [1.54, 1.807) is 0 Å². The average molecular weight is 248 g/mol. The first-order valence-electron chi connectivity index (χ1n) is 5.27. The highest BCUT2D eigenvalue weighted by Gasteiger charge is 2.15. The van der Waals surface area contributed by atoms with E-state index >= 15 is 0 Å². The van der Waals surface area contributed by atoms with Crippen LogP contribution in [0.4, 0.5) is 0 Å². The summed E-state index contributed by atoms with van der Waals surface area (Å²) in [5.74, 6) is 0. The number of benzene rings is 2. The molecular weight excluding hydrogens is 235 g/mol. The van der Waals surface area contributed by atoms with Crippen LogP contribution in [-0.2, 0) is 9.09 Å². The molecule has 17 heavy (non-hydrogen) atoms. The van der Waals surface area contributed by atoms with Crippen molar-refractivity contribution in [2.75, 3.05) is 0 Å². The fourth-order valence-corrected chi connectivity index (χ4v) is 2.16. The maximum absolute atomic E-state index is 10.9. The Balaban J connectivity index is 2.36. The van der Waals surface area contributed by atoms with Crippen LogP contribution < -0.4 is 0 Å². The van der Waals surface area contributed by atoms with Gasteiger partial charge >= 0.3 is 8.25 Å². The first-order chi connectivity index (χ1) is 8.27. The molecule has 0 aliphatic carbocycles. The van der Waals surface area contributed by atoms with Crippen LogP contribution in [0.3, 0.4) is 0 Å². The Labute approximate surface area is 101 Å². The number of hydrogen-bond acceptors (Lipinski definition) is 2. The lowest BCUT2D eigenvalue weighted by Gasteiger charge is -2.16. The minimum Gasteiger partial charge on any atom is -0.326 e. The summed E-state index contributed by atoms with van der Waals surface area (Å²) in [5.41, 5.74) is 1.73. The minimum absolute atomic E-state index is 0.492. The van der Waals surface area contributed by atoms with Crippen LogP contribution in [-0.4, -0.2) is 4.89 Å². The van der Waals surface area contributed by atoms with Crippen molar-refractivity contribution in [3.8, 4) is 0 Å². The second-order valence-corrected chi connectivity index (χ2v) is 4.35. The lowest BCUT2D eigenvalue weighted by atomic mass is 10.0. The van der Waals surface area contributed by atoms with Crippen molar-refractivity contribution in [1.29, 1.82) is 0 Å². The monoisotopic (exact) mass is 248 g/mol. The van der Waals surface area contributed by atoms with E-state index in [1.807, 2.05) is 60.7 Å². The Morgan fingerprint density at radius 3 is 1.65 bits per heavy atom. The van der Waals surface area contributed by atoms with Crippen molar-refractivity contribution in [2.24, 2.45) is 0 Å². The molecule has 0 spiro atoms. The molecule has 1 unspecified atom stereocenters. The van der Waals surface area contributed by atoms with Crippen LogP contribution in [0.5, 0.6) is 0 Å². The largest absolute Gasteiger partial charge is 0.326 e. The summed E-state index contributed by atoms with van der Waals surface area (Å²) < 4.78 is 16.0. The van der Waals surface area contributed by atoms with Gasteiger partial charge in [-0.25, -0.2) is 0 Å². The molecule has 0 saturated heterocycles. The number of rotatable bonds is 4. The Hall–Kier alpha value is -1.41. The van der Waals surface area contributed by atoms with Crippen LogP contribution in [0, 0.1) is 0 Å². The van der Waals surface area contributed by atoms with Crippen LogP contribution in [0.2, 0.25) is 0 Å². The van der Waals surface area contributed by atoms with Gasteiger partial charge in [0, 0.05) is 0 Å². The smallest absolute Gasteiger partial charge is 0.317 e. The van der Waals surface area contributed by atoms with Crippen molar-refractivity contribution in [3.05, 3.63) is 71.8 Å². The van der Waals surface area contributed by atoms with E-state index in [4.69, 9.17) is 9.42 Å². The molecule has 1 atom stereocenters. The summed E-state index contributed by atoms with van der Waals surface area (Å²) in [7, 11) is -2.98. The summed E-state index contributed by atoms with van der Waals surface area (Å²) >= 11 is 0. The summed E-state index contributed by atoms with van der Waals surface area (Å²) in [6, 6.07) is 18.8. The van der Waals surface area contributed by atoms with Crippen LogP contribution >= 0.6 is 8.25 Å². The summed E-state index contributed by atoms with van der Waals surface area (Å²) in [5, 5.41) is 0. The third-order valence-electron chi connectivity index (χ3n) is 2.42. The Bertz CT molecular complexity index is 445. The van der Waals surface area contributed by atoms with E-state index in [9.17, 15) is 4.57 Å². The summed E-state index contributed by atoms with van der Waals surface area (Å²) in [6.07, 6.45) is -0.492. The van der Waals surface area contributed by atoms with E-state index in [-0.39, 0.29) is 0 Å². The molecule has 0 fully saturated rings. The lowest BCUT2D eigenvalue weighted by Crippen LogP contribution is -2.01. The Kier molecular flexibility index (Phi) is 4.10. The maximum Gasteiger partial charge on any atom is 0.317 e. The van der Waals surface area contributed by atoms with Crippen molar-refractivity contribution in [1.82, 2.24) is 0 Å². The van der Waals surface area contributed by atoms with Gasteiger partial charge in [0.25, 0.3) is 0 Å². The molecule has 3 nitrogen and oxygen atoms in total. The Morgan fingerprint density at radius 1 is 0.882 bits per heavy atom. The van der Waals surface area contributed by atoms with E-state index in [0.717, 1.165) is 11.1 Å². The second kappa shape index (κ2) is 5.78. The molecule has 2 aromatic carbocycles. The van der Waals surface area contributed by atoms with Gasteiger partial charge in [0.2, 0.25) is 0 Å². The highest BCUT2D eigenvalue weighted by atomic mass is 31.1. The SMILES string of the molecule is O=[PH](O)OC(c1ccccc1)c1ccccc1. The fraction of sp³-hybridized carbons (Fsp3) is 0.0769. The van der Waals surface area contributed by atoms with Crippen molar-refractivity contribution >= 4 is 8.25 Å². The van der Waals surface area contributed by atoms with Gasteiger partial charge in [-0.1, -0.05) is 60.7 Å². The topological polar surface area (TPSA) is 46.5 Å². The zero-order chi connectivity index (χ0) is 12.1. The van der Waals surface area contributed by atoms with Crippen molar-refractivity contribution < 1.29 is 14.0 Å². The predicted octanol–water partition coefficient (Wildman–Crippen LogP) is 3.17. The van der Waals surface area contributed by atoms with Crippen LogP contribution in [0.1, 0.15) is 17.2 Å². The summed E-state index contributed by atoms with van der Waals surface area (Å²) in [4.78, 5) is 8.97. The lowest BCUT2D eigenvalue weighted by molar-refractivity contribution is 0.226. The van der Waals surface area contributed by atoms with Gasteiger partial charge in [0.05, 0.1) is 0 Å². The van der Waals surface area contributed by atoms with Gasteiger partial charge in [0.1, 0.15) is 6.10 Å². The van der Waals surface area contributed by atoms with Gasteiger partial charge in [-0.05, 0) is 11.1 Å². The molecule has 2 rings (SSSR count). The van der Waals surface area contributed by atoms with E-state index in [1.165, 1.54) is 0 Å². The highest BCUT2D eigenvalue weighted by molar-refractivity contribution is 7.32. The highest BCUT2D eigenvalue weighted by Crippen LogP contribution is 2.33. The molecule has 2 aromatic rings. The summed E-state index contributed by atoms with van der Waals surface area (Å²) in [6.45, 7) is 0. The number of hydrogen-bond donors (Lipinski definition) is 1. The standard InChI is InChI=1S/C13H13O3P/c14-17(15)16-13(11-7-3-1-4-8-11)12-9-5-2-6-10-12/h1-10,13,17H,(H,14,15). The van der Waals surface area contributed by atoms with Crippen molar-refractivity contribution in [2.45, 2.75) is 6.10 Å². The fourth-order valence-electron chi connectivity index (χ4n) is 1.69. The predicted molar refractivity (Wildman–Crippen MR) is 67.0 cm³/mol. The maximum atomic E-state index is 10.9. The quantitative estimate of drug-likeness (QED) is 0.845. The minimum atomic E-state index is -2.98. The molecular formula is C13H13O3P. The van der Waals surface area contributed by atoms with Crippen LogP contribution in [0.25, 0.3) is 0 Å². The van der Waals surface area contributed by atoms with E-state index in [0.29, 0.717) is 0 Å². The zero-order valence-electron chi connectivity index (χ0n) is 9.11. The molecule has 0 aliphatic rings. The third kappa shape index (κ3) is 3.27. The third-order valence-corrected chi connectivity index (χ3v) is 2.86. The zero-order valence-corrected chi connectivity index (χ0v) is 10.1. The molecule has 0 saturated carbocycles. The molecule has 1 N–H and O–H groups in total. The first-order valence-corrected chi connectivity index (χ1v) is 6.53. The average Bonchev–Trinajstić information content (AvgIpc) is 2.38. The molecule has 0 amide bonds. The molecule has 0 heterocycles. The van der Waals surface area contributed by atoms with Gasteiger partial charge in [-0.2, -0.15) is 0 Å². The van der Waals surface area contributed by atoms with E-state index < -0.39 is 14.4 Å². The van der Waals surface area contributed by atoms with Gasteiger partial charge in [0.15, 0.2) is 0 Å². The molecule has 0 bridgehead atoms. The molecule has 0 aromatic heterocycles. The van der Waals surface area contributed by atoms with Gasteiger partial charge in [-0.15, -0.1) is 0 Å². The van der Waals surface area contributed by atoms with Gasteiger partial charge < -0.3 is 4.89 Å². The Morgan fingerprint density at radius 2 is 1.29 bits per heavy atom. The van der Waals surface area contributed by atoms with Gasteiger partial charge in [-0.3, -0.25) is 9.09 Å². The van der Waals surface area contributed by atoms with E-state index in [2.05, 4.69) is 0 Å². The molecule has 0 radical (unpaired) electrons. The second-order valence-electron chi connectivity index (χ2n) is 3.59. The first kappa shape index (κ1) is 12.1. The van der Waals surface area contributed by atoms with Crippen molar-refractivity contribution in [3.63, 3.8) is 0 Å². The molecule has 0 aliphatic heterocycles. The molecule has 88 valence electrons. The van der Waals surface area contributed by atoms with Crippen LogP contribution in [0.15, 0.2) is 60.7 Å². The molecule has 4 heteroatoms. The normalized spacial score (nSPS) is 12.6.